The summed E-state index contributed by atoms with van der Waals surface area (Å²) in [5.74, 6) is 0.820. The molecule has 0 saturated heterocycles. The molecule has 0 radical (unpaired) electrons. The lowest BCUT2D eigenvalue weighted by molar-refractivity contribution is 0.415. The van der Waals surface area contributed by atoms with Crippen molar-refractivity contribution in [3.63, 3.8) is 0 Å². The maximum Gasteiger partial charge on any atom is 0.121 e. The summed E-state index contributed by atoms with van der Waals surface area (Å²) in [7, 11) is 3.79. The Kier molecular flexibility index (Phi) is 3.22. The minimum atomic E-state index is 0.649. The molecule has 1 saturated carbocycles. The fourth-order valence-corrected chi connectivity index (χ4v) is 2.47. The van der Waals surface area contributed by atoms with Crippen LogP contribution in [0.25, 0.3) is 0 Å². The summed E-state index contributed by atoms with van der Waals surface area (Å²) < 4.78 is 5.16. The first kappa shape index (κ1) is 11.1. The predicted molar refractivity (Wildman–Crippen MR) is 68.1 cm³/mol. The van der Waals surface area contributed by atoms with Gasteiger partial charge in [0, 0.05) is 19.2 Å². The molecule has 0 aromatic heterocycles. The molecule has 1 aliphatic rings. The highest BCUT2D eigenvalue weighted by Gasteiger charge is 2.21. The van der Waals surface area contributed by atoms with Crippen molar-refractivity contribution in [2.45, 2.75) is 31.7 Å². The number of nitrogens with two attached hydrogens (primary N) is 1. The summed E-state index contributed by atoms with van der Waals surface area (Å²) in [6, 6.07) is 6.56. The van der Waals surface area contributed by atoms with Gasteiger partial charge in [0.2, 0.25) is 0 Å². The Balaban J connectivity index is 2.19. The number of methoxy groups -OCH3 is 1. The van der Waals surface area contributed by atoms with E-state index in [0.717, 1.165) is 17.1 Å². The number of hydrogen-bond acceptors (Lipinski definition) is 3. The summed E-state index contributed by atoms with van der Waals surface area (Å²) in [5, 5.41) is 0. The minimum Gasteiger partial charge on any atom is -0.497 e. The van der Waals surface area contributed by atoms with E-state index in [1.807, 2.05) is 18.2 Å². The van der Waals surface area contributed by atoms with Gasteiger partial charge in [-0.15, -0.1) is 0 Å². The zero-order chi connectivity index (χ0) is 11.5. The molecule has 0 unspecified atom stereocenters. The number of benzene rings is 1. The Morgan fingerprint density at radius 3 is 2.56 bits per heavy atom. The molecule has 1 aromatic rings. The van der Waals surface area contributed by atoms with Crippen LogP contribution in [0.2, 0.25) is 0 Å². The number of rotatable bonds is 3. The van der Waals surface area contributed by atoms with E-state index in [1.165, 1.54) is 25.7 Å². The standard InChI is InChI=1S/C13H20N2O/c1-15(10-5-3-4-6-10)13-8-7-11(16-2)9-12(13)14/h7-10H,3-6,14H2,1-2H3. The average Bonchev–Trinajstić information content (AvgIpc) is 2.81. The van der Waals surface area contributed by atoms with E-state index in [0.29, 0.717) is 6.04 Å². The molecular weight excluding hydrogens is 200 g/mol. The topological polar surface area (TPSA) is 38.5 Å². The van der Waals surface area contributed by atoms with Crippen molar-refractivity contribution in [2.24, 2.45) is 0 Å². The van der Waals surface area contributed by atoms with E-state index in [2.05, 4.69) is 11.9 Å². The summed E-state index contributed by atoms with van der Waals surface area (Å²) in [4.78, 5) is 2.31. The second-order valence-electron chi connectivity index (χ2n) is 4.47. The average molecular weight is 220 g/mol. The molecule has 0 spiro atoms. The second kappa shape index (κ2) is 4.64. The van der Waals surface area contributed by atoms with Gasteiger partial charge in [0.1, 0.15) is 5.75 Å². The number of nitrogens with zero attached hydrogens (tertiary/aromatic N) is 1. The molecule has 88 valence electrons. The van der Waals surface area contributed by atoms with Crippen molar-refractivity contribution < 1.29 is 4.74 Å². The maximum atomic E-state index is 6.04. The summed E-state index contributed by atoms with van der Waals surface area (Å²) >= 11 is 0. The lowest BCUT2D eigenvalue weighted by Crippen LogP contribution is -2.29. The van der Waals surface area contributed by atoms with E-state index < -0.39 is 0 Å². The summed E-state index contributed by atoms with van der Waals surface area (Å²) in [5.41, 5.74) is 7.96. The van der Waals surface area contributed by atoms with Gasteiger partial charge in [-0.1, -0.05) is 12.8 Å². The van der Waals surface area contributed by atoms with Gasteiger partial charge >= 0.3 is 0 Å². The second-order valence-corrected chi connectivity index (χ2v) is 4.47. The molecule has 0 atom stereocenters. The first-order valence-electron chi connectivity index (χ1n) is 5.88. The van der Waals surface area contributed by atoms with Crippen LogP contribution in [0.5, 0.6) is 5.75 Å². The lowest BCUT2D eigenvalue weighted by atomic mass is 10.1. The molecule has 0 heterocycles. The highest BCUT2D eigenvalue weighted by atomic mass is 16.5. The molecule has 1 fully saturated rings. The first-order valence-corrected chi connectivity index (χ1v) is 5.88. The molecule has 0 amide bonds. The van der Waals surface area contributed by atoms with Crippen molar-refractivity contribution in [3.8, 4) is 5.75 Å². The van der Waals surface area contributed by atoms with E-state index in [9.17, 15) is 0 Å². The van der Waals surface area contributed by atoms with Crippen LogP contribution in [0.4, 0.5) is 11.4 Å². The molecule has 3 nitrogen and oxygen atoms in total. The Hall–Kier alpha value is -1.38. The summed E-state index contributed by atoms with van der Waals surface area (Å²) in [6.45, 7) is 0. The summed E-state index contributed by atoms with van der Waals surface area (Å²) in [6.07, 6.45) is 5.24. The van der Waals surface area contributed by atoms with E-state index in [4.69, 9.17) is 10.5 Å². The molecule has 1 aliphatic carbocycles. The number of anilines is 2. The molecule has 0 aliphatic heterocycles. The smallest absolute Gasteiger partial charge is 0.121 e. The Morgan fingerprint density at radius 1 is 1.31 bits per heavy atom. The number of nitrogen functional groups attached to an aromatic ring is 1. The molecule has 0 bridgehead atoms. The molecule has 16 heavy (non-hydrogen) atoms. The zero-order valence-corrected chi connectivity index (χ0v) is 10.1. The third kappa shape index (κ3) is 2.08. The van der Waals surface area contributed by atoms with Gasteiger partial charge in [0.15, 0.2) is 0 Å². The van der Waals surface area contributed by atoms with Gasteiger partial charge in [-0.2, -0.15) is 0 Å². The lowest BCUT2D eigenvalue weighted by Gasteiger charge is -2.27. The van der Waals surface area contributed by atoms with Crippen LogP contribution in [0.3, 0.4) is 0 Å². The van der Waals surface area contributed by atoms with Gasteiger partial charge < -0.3 is 15.4 Å². The largest absolute Gasteiger partial charge is 0.497 e. The molecule has 2 N–H and O–H groups in total. The van der Waals surface area contributed by atoms with Crippen LogP contribution in [-0.2, 0) is 0 Å². The van der Waals surface area contributed by atoms with Crippen LogP contribution in [-0.4, -0.2) is 20.2 Å². The number of ether oxygens (including phenoxy) is 1. The molecule has 2 rings (SSSR count). The Bertz CT molecular complexity index is 359. The molecule has 3 heteroatoms. The first-order chi connectivity index (χ1) is 7.72. The van der Waals surface area contributed by atoms with Gasteiger partial charge in [0.25, 0.3) is 0 Å². The Labute approximate surface area is 97.2 Å². The molecular formula is C13H20N2O. The minimum absolute atomic E-state index is 0.649. The highest BCUT2D eigenvalue weighted by Crippen LogP contribution is 2.32. The SMILES string of the molecule is COc1ccc(N(C)C2CCCC2)c(N)c1. The zero-order valence-electron chi connectivity index (χ0n) is 10.1. The van der Waals surface area contributed by atoms with Crippen LogP contribution >= 0.6 is 0 Å². The van der Waals surface area contributed by atoms with Crippen molar-refractivity contribution in [3.05, 3.63) is 18.2 Å². The Morgan fingerprint density at radius 2 is 2.00 bits per heavy atom. The van der Waals surface area contributed by atoms with Crippen LogP contribution in [0, 0.1) is 0 Å². The normalized spacial score (nSPS) is 16.4. The van der Waals surface area contributed by atoms with Crippen LogP contribution in [0.15, 0.2) is 18.2 Å². The third-order valence-electron chi connectivity index (χ3n) is 3.49. The number of hydrogen-bond donors (Lipinski definition) is 1. The predicted octanol–water partition coefficient (Wildman–Crippen LogP) is 2.66. The van der Waals surface area contributed by atoms with Gasteiger partial charge in [-0.3, -0.25) is 0 Å². The van der Waals surface area contributed by atoms with Crippen LogP contribution in [0.1, 0.15) is 25.7 Å². The van der Waals surface area contributed by atoms with Crippen molar-refractivity contribution in [1.29, 1.82) is 0 Å². The van der Waals surface area contributed by atoms with E-state index in [1.54, 1.807) is 7.11 Å². The monoisotopic (exact) mass is 220 g/mol. The van der Waals surface area contributed by atoms with Gasteiger partial charge in [0.05, 0.1) is 18.5 Å². The highest BCUT2D eigenvalue weighted by molar-refractivity contribution is 5.69. The van der Waals surface area contributed by atoms with Crippen molar-refractivity contribution in [2.75, 3.05) is 24.8 Å². The van der Waals surface area contributed by atoms with Crippen molar-refractivity contribution >= 4 is 11.4 Å². The van der Waals surface area contributed by atoms with Gasteiger partial charge in [-0.25, -0.2) is 0 Å². The maximum absolute atomic E-state index is 6.04. The van der Waals surface area contributed by atoms with Crippen LogP contribution < -0.4 is 15.4 Å². The fourth-order valence-electron chi connectivity index (χ4n) is 2.47. The molecule has 1 aromatic carbocycles. The fraction of sp³-hybridized carbons (Fsp3) is 0.538. The van der Waals surface area contributed by atoms with Crippen molar-refractivity contribution in [1.82, 2.24) is 0 Å². The van der Waals surface area contributed by atoms with E-state index >= 15 is 0 Å². The van der Waals surface area contributed by atoms with Gasteiger partial charge in [-0.05, 0) is 25.0 Å². The van der Waals surface area contributed by atoms with E-state index in [-0.39, 0.29) is 0 Å². The quantitative estimate of drug-likeness (QED) is 0.796. The third-order valence-corrected chi connectivity index (χ3v) is 3.49.